The van der Waals surface area contributed by atoms with Crippen LogP contribution in [0.5, 0.6) is 0 Å². The van der Waals surface area contributed by atoms with Crippen molar-refractivity contribution in [2.45, 2.75) is 25.0 Å². The monoisotopic (exact) mass is 476 g/mol. The van der Waals surface area contributed by atoms with Gasteiger partial charge in [-0.05, 0) is 44.0 Å². The standard InChI is InChI=1S/C18H25FN4S.HI/c1-18(2)12-23(8-9-24-18)17(20-3)21-7-6-13-11-22-16-5-4-14(19)10-15(13)16;/h4-5,10-11,22H,6-9,12H2,1-3H3,(H,20,21);1H. The fourth-order valence-electron chi connectivity index (χ4n) is 3.20. The fourth-order valence-corrected chi connectivity index (χ4v) is 4.31. The number of rotatable bonds is 3. The summed E-state index contributed by atoms with van der Waals surface area (Å²) in [5, 5.41) is 4.41. The van der Waals surface area contributed by atoms with E-state index < -0.39 is 0 Å². The molecule has 2 aromatic rings. The minimum Gasteiger partial charge on any atom is -0.361 e. The summed E-state index contributed by atoms with van der Waals surface area (Å²) in [5.41, 5.74) is 2.10. The number of aromatic amines is 1. The molecule has 1 saturated heterocycles. The van der Waals surface area contributed by atoms with Gasteiger partial charge in [-0.25, -0.2) is 4.39 Å². The van der Waals surface area contributed by atoms with E-state index in [1.165, 1.54) is 6.07 Å². The van der Waals surface area contributed by atoms with Crippen molar-refractivity contribution in [3.05, 3.63) is 35.8 Å². The summed E-state index contributed by atoms with van der Waals surface area (Å²) >= 11 is 2.01. The summed E-state index contributed by atoms with van der Waals surface area (Å²) in [5.74, 6) is 1.88. The molecule has 0 aliphatic carbocycles. The lowest BCUT2D eigenvalue weighted by molar-refractivity contribution is 0.376. The number of thioether (sulfide) groups is 1. The van der Waals surface area contributed by atoms with Crippen LogP contribution in [0.1, 0.15) is 19.4 Å². The average molecular weight is 476 g/mol. The maximum Gasteiger partial charge on any atom is 0.193 e. The van der Waals surface area contributed by atoms with Crippen LogP contribution in [0, 0.1) is 5.82 Å². The van der Waals surface area contributed by atoms with Crippen molar-refractivity contribution in [3.63, 3.8) is 0 Å². The average Bonchev–Trinajstić information content (AvgIpc) is 2.93. The number of aliphatic imine (C=N–C) groups is 1. The van der Waals surface area contributed by atoms with Crippen LogP contribution in [-0.2, 0) is 6.42 Å². The summed E-state index contributed by atoms with van der Waals surface area (Å²) in [4.78, 5) is 9.96. The summed E-state index contributed by atoms with van der Waals surface area (Å²) in [6.07, 6.45) is 2.80. The van der Waals surface area contributed by atoms with Gasteiger partial charge in [0.1, 0.15) is 5.82 Å². The van der Waals surface area contributed by atoms with E-state index >= 15 is 0 Å². The van der Waals surface area contributed by atoms with Crippen molar-refractivity contribution in [3.8, 4) is 0 Å². The molecule has 1 aliphatic rings. The molecule has 0 bridgehead atoms. The zero-order valence-electron chi connectivity index (χ0n) is 14.9. The molecule has 1 aromatic heterocycles. The summed E-state index contributed by atoms with van der Waals surface area (Å²) in [7, 11) is 1.83. The molecule has 3 rings (SSSR count). The van der Waals surface area contributed by atoms with Gasteiger partial charge in [0.25, 0.3) is 0 Å². The van der Waals surface area contributed by atoms with Gasteiger partial charge >= 0.3 is 0 Å². The Morgan fingerprint density at radius 3 is 2.96 bits per heavy atom. The van der Waals surface area contributed by atoms with E-state index in [2.05, 4.69) is 34.0 Å². The highest BCUT2D eigenvalue weighted by molar-refractivity contribution is 14.0. The fraction of sp³-hybridized carbons (Fsp3) is 0.500. The largest absolute Gasteiger partial charge is 0.361 e. The Balaban J connectivity index is 0.00000225. The van der Waals surface area contributed by atoms with Crippen LogP contribution in [0.4, 0.5) is 4.39 Å². The predicted molar refractivity (Wildman–Crippen MR) is 117 cm³/mol. The number of aromatic nitrogens is 1. The van der Waals surface area contributed by atoms with Crippen molar-refractivity contribution in [2.75, 3.05) is 32.4 Å². The third-order valence-corrected chi connectivity index (χ3v) is 5.64. The highest BCUT2D eigenvalue weighted by atomic mass is 127. The number of benzene rings is 1. The van der Waals surface area contributed by atoms with Gasteiger partial charge in [-0.15, -0.1) is 24.0 Å². The maximum atomic E-state index is 13.5. The van der Waals surface area contributed by atoms with E-state index in [0.717, 1.165) is 54.2 Å². The summed E-state index contributed by atoms with van der Waals surface area (Å²) in [6.45, 7) is 7.34. The highest BCUT2D eigenvalue weighted by Gasteiger charge is 2.28. The van der Waals surface area contributed by atoms with E-state index in [0.29, 0.717) is 0 Å². The molecular formula is C18H26FIN4S. The SMILES string of the molecule is CN=C(NCCc1c[nH]c2ccc(F)cc12)N1CCSC(C)(C)C1.I. The van der Waals surface area contributed by atoms with Crippen LogP contribution in [0.3, 0.4) is 0 Å². The molecule has 1 fully saturated rings. The predicted octanol–water partition coefficient (Wildman–Crippen LogP) is 3.87. The minimum absolute atomic E-state index is 0. The van der Waals surface area contributed by atoms with Gasteiger partial charge in [-0.2, -0.15) is 11.8 Å². The second kappa shape index (κ2) is 8.62. The van der Waals surface area contributed by atoms with Crippen molar-refractivity contribution >= 4 is 52.6 Å². The highest BCUT2D eigenvalue weighted by Crippen LogP contribution is 2.29. The molecule has 25 heavy (non-hydrogen) atoms. The van der Waals surface area contributed by atoms with Crippen LogP contribution in [0.25, 0.3) is 10.9 Å². The van der Waals surface area contributed by atoms with E-state index in [-0.39, 0.29) is 34.5 Å². The molecule has 2 heterocycles. The Bertz CT molecular complexity index is 744. The van der Waals surface area contributed by atoms with Gasteiger partial charge < -0.3 is 15.2 Å². The first-order valence-corrected chi connectivity index (χ1v) is 9.32. The number of H-pyrrole nitrogens is 1. The number of hydrogen-bond donors (Lipinski definition) is 2. The van der Waals surface area contributed by atoms with Gasteiger partial charge in [0.15, 0.2) is 5.96 Å². The molecule has 0 spiro atoms. The van der Waals surface area contributed by atoms with Crippen LogP contribution in [0.2, 0.25) is 0 Å². The topological polar surface area (TPSA) is 43.4 Å². The Morgan fingerprint density at radius 2 is 2.24 bits per heavy atom. The van der Waals surface area contributed by atoms with Crippen molar-refractivity contribution in [2.24, 2.45) is 4.99 Å². The van der Waals surface area contributed by atoms with Gasteiger partial charge in [0, 0.05) is 54.3 Å². The van der Waals surface area contributed by atoms with E-state index in [1.54, 1.807) is 12.1 Å². The zero-order chi connectivity index (χ0) is 17.2. The lowest BCUT2D eigenvalue weighted by atomic mass is 10.1. The van der Waals surface area contributed by atoms with E-state index in [4.69, 9.17) is 0 Å². The molecule has 1 aliphatic heterocycles. The number of nitrogens with one attached hydrogen (secondary N) is 2. The first-order chi connectivity index (χ1) is 11.5. The van der Waals surface area contributed by atoms with Crippen molar-refractivity contribution in [1.82, 2.24) is 15.2 Å². The lowest BCUT2D eigenvalue weighted by Gasteiger charge is -2.39. The third-order valence-electron chi connectivity index (χ3n) is 4.34. The van der Waals surface area contributed by atoms with Crippen LogP contribution in [-0.4, -0.2) is 53.0 Å². The quantitative estimate of drug-likeness (QED) is 0.402. The Morgan fingerprint density at radius 1 is 1.44 bits per heavy atom. The number of fused-ring (bicyclic) bond motifs is 1. The van der Waals surface area contributed by atoms with Gasteiger partial charge in [0.05, 0.1) is 0 Å². The normalized spacial score (nSPS) is 17.4. The Kier molecular flexibility index (Phi) is 7.01. The van der Waals surface area contributed by atoms with Crippen molar-refractivity contribution < 1.29 is 4.39 Å². The molecule has 7 heteroatoms. The molecule has 0 atom stereocenters. The number of hydrogen-bond acceptors (Lipinski definition) is 2. The summed E-state index contributed by atoms with van der Waals surface area (Å²) < 4.78 is 13.7. The second-order valence-corrected chi connectivity index (χ2v) is 8.56. The molecule has 0 unspecified atom stereocenters. The van der Waals surface area contributed by atoms with Crippen LogP contribution < -0.4 is 5.32 Å². The molecule has 0 amide bonds. The summed E-state index contributed by atoms with van der Waals surface area (Å²) in [6, 6.07) is 4.87. The molecule has 4 nitrogen and oxygen atoms in total. The lowest BCUT2D eigenvalue weighted by Crippen LogP contribution is -2.51. The Labute approximate surface area is 170 Å². The molecule has 2 N–H and O–H groups in total. The molecule has 1 aromatic carbocycles. The first kappa shape index (κ1) is 20.4. The molecule has 0 radical (unpaired) electrons. The zero-order valence-corrected chi connectivity index (χ0v) is 18.1. The molecule has 0 saturated carbocycles. The van der Waals surface area contributed by atoms with Gasteiger partial charge in [-0.1, -0.05) is 0 Å². The van der Waals surface area contributed by atoms with E-state index in [1.807, 2.05) is 25.0 Å². The minimum atomic E-state index is -0.194. The second-order valence-electron chi connectivity index (χ2n) is 6.76. The van der Waals surface area contributed by atoms with Crippen LogP contribution in [0.15, 0.2) is 29.4 Å². The molecular weight excluding hydrogens is 450 g/mol. The third kappa shape index (κ3) is 5.03. The Hall–Kier alpha value is -0.960. The van der Waals surface area contributed by atoms with Gasteiger partial charge in [-0.3, -0.25) is 4.99 Å². The number of nitrogens with zero attached hydrogens (tertiary/aromatic N) is 2. The maximum absolute atomic E-state index is 13.5. The number of halogens is 2. The molecule has 138 valence electrons. The smallest absolute Gasteiger partial charge is 0.193 e. The first-order valence-electron chi connectivity index (χ1n) is 8.33. The van der Waals surface area contributed by atoms with Crippen molar-refractivity contribution in [1.29, 1.82) is 0 Å². The van der Waals surface area contributed by atoms with Gasteiger partial charge in [0.2, 0.25) is 0 Å². The van der Waals surface area contributed by atoms with Crippen LogP contribution >= 0.6 is 35.7 Å². The van der Waals surface area contributed by atoms with E-state index in [9.17, 15) is 4.39 Å². The number of guanidine groups is 1.